The number of ether oxygens (including phenoxy) is 1. The summed E-state index contributed by atoms with van der Waals surface area (Å²) < 4.78 is 11.3. The van der Waals surface area contributed by atoms with Gasteiger partial charge in [-0.1, -0.05) is 19.1 Å². The molecule has 1 aromatic carbocycles. The number of amides is 1. The molecule has 0 radical (unpaired) electrons. The van der Waals surface area contributed by atoms with Gasteiger partial charge in [0.2, 0.25) is 5.91 Å². The van der Waals surface area contributed by atoms with Crippen LogP contribution in [-0.4, -0.2) is 37.0 Å². The van der Waals surface area contributed by atoms with E-state index in [9.17, 15) is 4.79 Å². The summed E-state index contributed by atoms with van der Waals surface area (Å²) in [5.74, 6) is 2.27. The number of likely N-dealkylation sites (tertiary alicyclic amines) is 1. The number of nitrogens with zero attached hydrogens (tertiary/aromatic N) is 1. The Morgan fingerprint density at radius 3 is 3.00 bits per heavy atom. The fraction of sp³-hybridized carbons (Fsp3) is 0.500. The van der Waals surface area contributed by atoms with E-state index in [0.29, 0.717) is 18.5 Å². The smallest absolute Gasteiger partial charge is 0.219 e. The van der Waals surface area contributed by atoms with Gasteiger partial charge in [-0.3, -0.25) is 4.79 Å². The molecule has 2 heterocycles. The minimum Gasteiger partial charge on any atom is -0.493 e. The van der Waals surface area contributed by atoms with E-state index >= 15 is 0 Å². The van der Waals surface area contributed by atoms with E-state index in [1.165, 1.54) is 0 Å². The van der Waals surface area contributed by atoms with Gasteiger partial charge in [0.1, 0.15) is 5.76 Å². The van der Waals surface area contributed by atoms with Crippen LogP contribution >= 0.6 is 0 Å². The second-order valence-electron chi connectivity index (χ2n) is 6.31. The van der Waals surface area contributed by atoms with Crippen LogP contribution in [0.25, 0.3) is 11.0 Å². The number of hydrogen-bond donors (Lipinski definition) is 1. The molecule has 0 aliphatic carbocycles. The molecule has 0 saturated carbocycles. The van der Waals surface area contributed by atoms with Gasteiger partial charge in [-0.25, -0.2) is 0 Å². The van der Waals surface area contributed by atoms with Crippen LogP contribution in [0, 0.1) is 5.92 Å². The second-order valence-corrected chi connectivity index (χ2v) is 6.31. The molecule has 1 aliphatic heterocycles. The molecule has 23 heavy (non-hydrogen) atoms. The number of furan rings is 1. The van der Waals surface area contributed by atoms with Crippen LogP contribution < -0.4 is 10.1 Å². The lowest BCUT2D eigenvalue weighted by Crippen LogP contribution is -2.49. The van der Waals surface area contributed by atoms with Crippen LogP contribution in [0.4, 0.5) is 0 Å². The number of carbonyl (C=O) groups is 1. The van der Waals surface area contributed by atoms with Crippen molar-refractivity contribution in [3.05, 3.63) is 30.0 Å². The molecule has 0 spiro atoms. The first-order valence-electron chi connectivity index (χ1n) is 8.13. The van der Waals surface area contributed by atoms with Gasteiger partial charge in [0, 0.05) is 31.4 Å². The molecule has 1 aliphatic rings. The van der Waals surface area contributed by atoms with Gasteiger partial charge in [-0.15, -0.1) is 0 Å². The first-order chi connectivity index (χ1) is 11.1. The molecule has 5 nitrogen and oxygen atoms in total. The maximum Gasteiger partial charge on any atom is 0.219 e. The predicted molar refractivity (Wildman–Crippen MR) is 89.4 cm³/mol. The largest absolute Gasteiger partial charge is 0.493 e. The van der Waals surface area contributed by atoms with Crippen molar-refractivity contribution in [3.8, 4) is 5.75 Å². The lowest BCUT2D eigenvalue weighted by molar-refractivity contribution is -0.130. The highest BCUT2D eigenvalue weighted by molar-refractivity contribution is 5.83. The number of piperidine rings is 1. The number of nitrogens with one attached hydrogen (secondary N) is 1. The molecule has 5 heteroatoms. The molecule has 1 amide bonds. The highest BCUT2D eigenvalue weighted by atomic mass is 16.5. The van der Waals surface area contributed by atoms with Crippen LogP contribution in [0.3, 0.4) is 0 Å². The van der Waals surface area contributed by atoms with E-state index in [0.717, 1.165) is 42.0 Å². The van der Waals surface area contributed by atoms with Crippen LogP contribution in [0.1, 0.15) is 26.0 Å². The average Bonchev–Trinajstić information content (AvgIpc) is 2.96. The maximum absolute atomic E-state index is 11.5. The summed E-state index contributed by atoms with van der Waals surface area (Å²) in [5.41, 5.74) is 0.797. The minimum atomic E-state index is 0.166. The van der Waals surface area contributed by atoms with Crippen molar-refractivity contribution in [3.63, 3.8) is 0 Å². The first-order valence-corrected chi connectivity index (χ1v) is 8.13. The number of benzene rings is 1. The number of fused-ring (bicyclic) bond motifs is 1. The van der Waals surface area contributed by atoms with Crippen molar-refractivity contribution in [2.45, 2.75) is 32.9 Å². The molecular weight excluding hydrogens is 292 g/mol. The van der Waals surface area contributed by atoms with Gasteiger partial charge in [0.25, 0.3) is 0 Å². The molecule has 0 unspecified atom stereocenters. The van der Waals surface area contributed by atoms with E-state index in [1.54, 1.807) is 14.0 Å². The molecule has 1 saturated heterocycles. The monoisotopic (exact) mass is 316 g/mol. The van der Waals surface area contributed by atoms with Crippen LogP contribution in [0.5, 0.6) is 5.75 Å². The van der Waals surface area contributed by atoms with Crippen molar-refractivity contribution in [2.75, 3.05) is 20.2 Å². The molecular formula is C18H24N2O3. The number of methoxy groups -OCH3 is 1. The van der Waals surface area contributed by atoms with Crippen molar-refractivity contribution in [1.82, 2.24) is 10.2 Å². The summed E-state index contributed by atoms with van der Waals surface area (Å²) >= 11 is 0. The summed E-state index contributed by atoms with van der Waals surface area (Å²) in [6.45, 7) is 6.16. The quantitative estimate of drug-likeness (QED) is 0.942. The summed E-state index contributed by atoms with van der Waals surface area (Å²) in [5, 5.41) is 4.63. The van der Waals surface area contributed by atoms with E-state index < -0.39 is 0 Å². The van der Waals surface area contributed by atoms with Crippen LogP contribution in [0.15, 0.2) is 28.7 Å². The normalized spacial score (nSPS) is 21.6. The fourth-order valence-corrected chi connectivity index (χ4v) is 3.30. The second kappa shape index (κ2) is 6.62. The van der Waals surface area contributed by atoms with E-state index in [1.807, 2.05) is 23.1 Å². The van der Waals surface area contributed by atoms with Crippen LogP contribution in [0.2, 0.25) is 0 Å². The van der Waals surface area contributed by atoms with Gasteiger partial charge in [-0.2, -0.15) is 0 Å². The summed E-state index contributed by atoms with van der Waals surface area (Å²) in [6, 6.07) is 8.36. The predicted octanol–water partition coefficient (Wildman–Crippen LogP) is 2.79. The molecule has 0 bridgehead atoms. The van der Waals surface area contributed by atoms with Crippen molar-refractivity contribution >= 4 is 16.9 Å². The number of para-hydroxylation sites is 1. The Morgan fingerprint density at radius 2 is 2.30 bits per heavy atom. The van der Waals surface area contributed by atoms with Gasteiger partial charge in [0.15, 0.2) is 11.3 Å². The zero-order valence-electron chi connectivity index (χ0n) is 14.0. The van der Waals surface area contributed by atoms with Gasteiger partial charge < -0.3 is 19.4 Å². The molecule has 1 aromatic heterocycles. The summed E-state index contributed by atoms with van der Waals surface area (Å²) in [6.07, 6.45) is 0.976. The van der Waals surface area contributed by atoms with Gasteiger partial charge >= 0.3 is 0 Å². The minimum absolute atomic E-state index is 0.166. The average molecular weight is 316 g/mol. The Labute approximate surface area is 136 Å². The lowest BCUT2D eigenvalue weighted by Gasteiger charge is -2.36. The molecule has 2 atom stereocenters. The van der Waals surface area contributed by atoms with Crippen LogP contribution in [-0.2, 0) is 11.3 Å². The third kappa shape index (κ3) is 3.34. The highest BCUT2D eigenvalue weighted by Gasteiger charge is 2.27. The number of rotatable bonds is 4. The zero-order valence-corrected chi connectivity index (χ0v) is 14.0. The molecule has 124 valence electrons. The maximum atomic E-state index is 11.5. The van der Waals surface area contributed by atoms with E-state index in [2.05, 4.69) is 18.3 Å². The van der Waals surface area contributed by atoms with Crippen molar-refractivity contribution < 1.29 is 13.9 Å². The Bertz CT molecular complexity index is 695. The Morgan fingerprint density at radius 1 is 1.48 bits per heavy atom. The Kier molecular flexibility index (Phi) is 4.57. The van der Waals surface area contributed by atoms with E-state index in [-0.39, 0.29) is 5.91 Å². The van der Waals surface area contributed by atoms with E-state index in [4.69, 9.17) is 9.15 Å². The molecule has 1 fully saturated rings. The summed E-state index contributed by atoms with van der Waals surface area (Å²) in [4.78, 5) is 13.4. The Hall–Kier alpha value is -2.01. The number of carbonyl (C=O) groups excluding carboxylic acids is 1. The lowest BCUT2D eigenvalue weighted by atomic mass is 9.94. The zero-order chi connectivity index (χ0) is 16.4. The standard InChI is InChI=1S/C18H24N2O3/c1-12-11-20(13(2)21)8-7-16(12)19-10-15-9-14-5-4-6-17(22-3)18(14)23-15/h4-6,9,12,16,19H,7-8,10-11H2,1-3H3/t12-,16+/m1/s1. The third-order valence-electron chi connectivity index (χ3n) is 4.67. The number of hydrogen-bond acceptors (Lipinski definition) is 4. The third-order valence-corrected chi connectivity index (χ3v) is 4.67. The van der Waals surface area contributed by atoms with Crippen molar-refractivity contribution in [2.24, 2.45) is 5.92 Å². The first kappa shape index (κ1) is 15.9. The fourth-order valence-electron chi connectivity index (χ4n) is 3.30. The molecule has 2 aromatic rings. The van der Waals surface area contributed by atoms with Gasteiger partial charge in [0.05, 0.1) is 13.7 Å². The SMILES string of the molecule is COc1cccc2cc(CN[C@H]3CCN(C(C)=O)C[C@H]3C)oc12. The Balaban J connectivity index is 1.64. The van der Waals surface area contributed by atoms with Crippen molar-refractivity contribution in [1.29, 1.82) is 0 Å². The molecule has 1 N–H and O–H groups in total. The summed E-state index contributed by atoms with van der Waals surface area (Å²) in [7, 11) is 1.65. The highest BCUT2D eigenvalue weighted by Crippen LogP contribution is 2.28. The molecule has 3 rings (SSSR count). The topological polar surface area (TPSA) is 54.7 Å². The van der Waals surface area contributed by atoms with Gasteiger partial charge in [-0.05, 0) is 24.5 Å².